The number of hydrogen-bond donors (Lipinski definition) is 1. The molecule has 0 amide bonds. The van der Waals surface area contributed by atoms with Gasteiger partial charge in [0.05, 0.1) is 6.61 Å². The van der Waals surface area contributed by atoms with Gasteiger partial charge >= 0.3 is 5.97 Å². The van der Waals surface area contributed by atoms with E-state index in [0.29, 0.717) is 26.1 Å². The van der Waals surface area contributed by atoms with E-state index in [4.69, 9.17) is 136 Å². The Kier molecular flexibility index (Phi) is 22.6. The second-order valence-electron chi connectivity index (χ2n) is 11.4. The molecule has 1 aliphatic rings. The van der Waals surface area contributed by atoms with Crippen LogP contribution in [0.15, 0.2) is 0 Å². The molecule has 0 aromatic carbocycles. The molecule has 1 rings (SSSR count). The molecule has 1 unspecified atom stereocenters. The fourth-order valence-corrected chi connectivity index (χ4v) is 6.08. The molecule has 1 aliphatic heterocycles. The maximum Gasteiger partial charge on any atom is 0.317 e. The van der Waals surface area contributed by atoms with Crippen molar-refractivity contribution in [2.45, 2.75) is 13.3 Å². The molecule has 36 heteroatoms. The van der Waals surface area contributed by atoms with Crippen LogP contribution in [0.3, 0.4) is 0 Å². The van der Waals surface area contributed by atoms with E-state index < -0.39 is 108 Å². The van der Waals surface area contributed by atoms with Gasteiger partial charge in [0.1, 0.15) is 11.7 Å². The van der Waals surface area contributed by atoms with Crippen LogP contribution in [0.4, 0.5) is 0 Å². The third-order valence-electron chi connectivity index (χ3n) is 8.08. The molecule has 0 aliphatic carbocycles. The molecule has 1 atom stereocenters. The Morgan fingerprint density at radius 3 is 1.23 bits per heavy atom. The summed E-state index contributed by atoms with van der Waals surface area (Å²) < 4.78 is 4.75. The van der Waals surface area contributed by atoms with Crippen molar-refractivity contribution in [2.75, 3.05) is 19.7 Å². The number of rotatable bonds is 16. The summed E-state index contributed by atoms with van der Waals surface area (Å²) in [6, 6.07) is 0. The number of hydrogen-bond acceptors (Lipinski definition) is 4. The second-order valence-corrected chi connectivity index (χ2v) is 11.4. The van der Waals surface area contributed by atoms with Crippen molar-refractivity contribution in [3.05, 3.63) is 0 Å². The van der Waals surface area contributed by atoms with Crippen molar-refractivity contribution in [1.82, 2.24) is 5.32 Å². The van der Waals surface area contributed by atoms with E-state index in [1.54, 1.807) is 6.92 Å². The maximum absolute atomic E-state index is 11.2. The van der Waals surface area contributed by atoms with Crippen LogP contribution in [-0.4, -0.2) is 259 Å². The van der Waals surface area contributed by atoms with E-state index >= 15 is 0 Å². The Hall–Kier alpha value is 1.18. The minimum atomic E-state index is -1.11. The summed E-state index contributed by atoms with van der Waals surface area (Å²) in [5.74, 6) is -0.972. The number of nitrogens with one attached hydrogen (secondary N) is 1. The topological polar surface area (TPSA) is 55.4 Å². The van der Waals surface area contributed by atoms with Crippen molar-refractivity contribution in [2.24, 2.45) is 5.92 Å². The molecule has 1 fully saturated rings. The molecule has 34 radical (unpaired) electrons. The van der Waals surface area contributed by atoms with Crippen molar-refractivity contribution in [3.63, 3.8) is 0 Å². The van der Waals surface area contributed by atoms with Crippen LogP contribution in [0.1, 0.15) is 13.3 Å². The smallest absolute Gasteiger partial charge is 0.317 e. The van der Waals surface area contributed by atoms with Crippen LogP contribution in [0.5, 0.6) is 0 Å². The van der Waals surface area contributed by atoms with E-state index in [-0.39, 0.29) is 5.78 Å². The lowest BCUT2D eigenvalue weighted by molar-refractivity contribution is -0.152. The molecule has 0 aromatic heterocycles. The Morgan fingerprint density at radius 2 is 0.955 bits per heavy atom. The van der Waals surface area contributed by atoms with Gasteiger partial charge in [0.25, 0.3) is 0 Å². The third kappa shape index (κ3) is 13.6. The SMILES string of the molecule is CCOC(=O)C1CNCCC1=O.[B]B([B])B([B])B(B([B])[B])B(B(B([B])[B])B([B])[B])B(B(B([B])[B])B([B])[B])B(B([B])[B])B([B])[B]. The normalized spacial score (nSPS) is 13.4. The number of piperidine rings is 1. The maximum atomic E-state index is 11.2. The molecule has 4 nitrogen and oxygen atoms in total. The summed E-state index contributed by atoms with van der Waals surface area (Å²) >= 11 is 0. The minimum absolute atomic E-state index is 0.00722. The molecule has 0 aromatic rings. The predicted molar refractivity (Wildman–Crippen MR) is 227 cm³/mol. The van der Waals surface area contributed by atoms with Crippen LogP contribution in [0.2, 0.25) is 0 Å². The largest absolute Gasteiger partial charge is 0.465 e. The number of carbonyl (C=O) groups is 2. The van der Waals surface area contributed by atoms with Crippen molar-refractivity contribution in [1.29, 1.82) is 0 Å². The van der Waals surface area contributed by atoms with Gasteiger partial charge in [-0.25, -0.2) is 0 Å². The Morgan fingerprint density at radius 1 is 0.614 bits per heavy atom. The number of ketones is 1. The van der Waals surface area contributed by atoms with Gasteiger partial charge in [-0.1, -0.05) is 0 Å². The zero-order valence-electron chi connectivity index (χ0n) is 25.6. The van der Waals surface area contributed by atoms with E-state index in [1.807, 2.05) is 0 Å². The molecular formula is C8H13B32NO3. The van der Waals surface area contributed by atoms with Crippen LogP contribution < -0.4 is 5.32 Å². The number of ether oxygens (including phenoxy) is 1. The third-order valence-corrected chi connectivity index (χ3v) is 8.08. The number of Topliss-reactive ketones (excluding diaryl/α,β-unsaturated/α-hetero) is 1. The first-order chi connectivity index (χ1) is 20.2. The highest BCUT2D eigenvalue weighted by Gasteiger charge is 2.53. The van der Waals surface area contributed by atoms with E-state index in [1.165, 1.54) is 0 Å². The fourth-order valence-electron chi connectivity index (χ4n) is 6.08. The summed E-state index contributed by atoms with van der Waals surface area (Å²) in [5, 5.41) is 2.98. The Bertz CT molecular complexity index is 781. The molecule has 0 saturated carbocycles. The quantitative estimate of drug-likeness (QED) is 0.126. The summed E-state index contributed by atoms with van der Waals surface area (Å²) in [5.41, 5.74) is 0. The first-order valence-corrected chi connectivity index (χ1v) is 14.5. The van der Waals surface area contributed by atoms with E-state index in [2.05, 4.69) is 5.32 Å². The van der Waals surface area contributed by atoms with Gasteiger partial charge in [-0.2, -0.15) is 0 Å². The molecule has 44 heavy (non-hydrogen) atoms. The molecular weight excluding hydrogens is 504 g/mol. The first-order valence-electron chi connectivity index (χ1n) is 14.5. The van der Waals surface area contributed by atoms with Gasteiger partial charge < -0.3 is 10.1 Å². The average Bonchev–Trinajstić information content (AvgIpc) is 2.86. The lowest BCUT2D eigenvalue weighted by Crippen LogP contribution is -2.89. The van der Waals surface area contributed by atoms with Crippen LogP contribution >= 0.6 is 0 Å². The lowest BCUT2D eigenvalue weighted by atomic mass is 8.30. The molecule has 1 heterocycles. The zero-order chi connectivity index (χ0) is 34.6. The summed E-state index contributed by atoms with van der Waals surface area (Å²) in [7, 11) is 103. The lowest BCUT2D eigenvalue weighted by Gasteiger charge is -2.51. The predicted octanol–water partition coefficient (Wildman–Crippen LogP) is -12.5. The highest BCUT2D eigenvalue weighted by molar-refractivity contribution is 8.28. The van der Waals surface area contributed by atoms with Gasteiger partial charge in [0, 0.05) is 247 Å². The van der Waals surface area contributed by atoms with Crippen LogP contribution in [-0.2, 0) is 14.3 Å². The molecule has 0 bridgehead atoms. The van der Waals surface area contributed by atoms with E-state index in [9.17, 15) is 9.59 Å². The minimum Gasteiger partial charge on any atom is -0.465 e. The van der Waals surface area contributed by atoms with Crippen LogP contribution in [0.25, 0.3) is 0 Å². The number of carbonyl (C=O) groups excluding carboxylic acids is 2. The van der Waals surface area contributed by atoms with Gasteiger partial charge in [0.15, 0.2) is 0 Å². The number of esters is 1. The van der Waals surface area contributed by atoms with Crippen molar-refractivity contribution >= 4 is 239 Å². The fraction of sp³-hybridized carbons (Fsp3) is 0.750. The van der Waals surface area contributed by atoms with Crippen LogP contribution in [0, 0.1) is 5.92 Å². The summed E-state index contributed by atoms with van der Waals surface area (Å²) in [6.45, 7) is 3.17. The second kappa shape index (κ2) is 22.0. The van der Waals surface area contributed by atoms with Gasteiger partial charge in [-0.3, -0.25) is 9.59 Å². The van der Waals surface area contributed by atoms with Crippen molar-refractivity contribution in [3.8, 4) is 0 Å². The monoisotopic (exact) mass is 523 g/mol. The average molecular weight is 517 g/mol. The highest BCUT2D eigenvalue weighted by Crippen LogP contribution is 2.15. The molecule has 1 saturated heterocycles. The molecule has 1 N–H and O–H groups in total. The Labute approximate surface area is 296 Å². The first kappa shape index (κ1) is 45.2. The summed E-state index contributed by atoms with van der Waals surface area (Å²) in [6.07, 6.45) is -14.7. The summed E-state index contributed by atoms with van der Waals surface area (Å²) in [4.78, 5) is 22.3. The highest BCUT2D eigenvalue weighted by atomic mass is 16.5. The van der Waals surface area contributed by atoms with Gasteiger partial charge in [0.2, 0.25) is 0 Å². The Balaban J connectivity index is 0.00000127. The van der Waals surface area contributed by atoms with Gasteiger partial charge in [-0.15, -0.1) is 0 Å². The van der Waals surface area contributed by atoms with E-state index in [0.717, 1.165) is 0 Å². The standard InChI is InChI=1S/C8H13NO3.B32/c1-2-12-8(11)6-5-9-4-3-7(6)10;1-18(2)26(17)30(25(15)16)32(29(23(11)12)24(13)14)31(27(19(3)4)20(5)6)28(21(7)8)22(9)10/h6,9H,2-5H2,1H3;. The zero-order valence-corrected chi connectivity index (χ0v) is 25.6. The molecule has 0 spiro atoms. The van der Waals surface area contributed by atoms with Gasteiger partial charge in [-0.05, 0) is 6.92 Å². The van der Waals surface area contributed by atoms with Crippen molar-refractivity contribution < 1.29 is 14.3 Å². The molecule has 164 valence electrons.